The van der Waals surface area contributed by atoms with E-state index in [9.17, 15) is 0 Å². The molecule has 1 aromatic rings. The summed E-state index contributed by atoms with van der Waals surface area (Å²) in [6.45, 7) is 6.79. The average molecular weight is 340 g/mol. The first-order valence-electron chi connectivity index (χ1n) is 8.15. The highest BCUT2D eigenvalue weighted by Gasteiger charge is 2.20. The van der Waals surface area contributed by atoms with Crippen LogP contribution < -0.4 is 10.0 Å². The second kappa shape index (κ2) is 11.0. The minimum Gasteiger partial charge on any atom is -0.497 e. The predicted octanol–water partition coefficient (Wildman–Crippen LogP) is 5.28. The average Bonchev–Trinajstić information content (AvgIpc) is 2.55. The molecule has 0 amide bonds. The molecule has 0 spiro atoms. The molecule has 0 fully saturated rings. The van der Waals surface area contributed by atoms with Gasteiger partial charge >= 0.3 is 0 Å². The molecule has 0 saturated heterocycles. The van der Waals surface area contributed by atoms with Gasteiger partial charge in [-0.25, -0.2) is 0 Å². The van der Waals surface area contributed by atoms with Gasteiger partial charge < -0.3 is 9.26 Å². The lowest BCUT2D eigenvalue weighted by Crippen LogP contribution is -2.11. The summed E-state index contributed by atoms with van der Waals surface area (Å²) in [5.74, 6) is 0.860. The number of unbranched alkanes of at least 4 members (excludes halogenated alkanes) is 4. The van der Waals surface area contributed by atoms with Crippen LogP contribution in [0.2, 0.25) is 0 Å². The van der Waals surface area contributed by atoms with E-state index in [1.165, 1.54) is 19.3 Å². The van der Waals surface area contributed by atoms with Crippen LogP contribution >= 0.6 is 6.26 Å². The Morgan fingerprint density at radius 2 is 1.86 bits per heavy atom. The minimum atomic E-state index is -1.95. The van der Waals surface area contributed by atoms with Crippen LogP contribution in [0.5, 0.6) is 5.75 Å². The molecule has 0 bridgehead atoms. The number of benzene rings is 1. The second-order valence-corrected chi connectivity index (χ2v) is 9.76. The van der Waals surface area contributed by atoms with Gasteiger partial charge in [0.15, 0.2) is 0 Å². The summed E-state index contributed by atoms with van der Waals surface area (Å²) in [5, 5.41) is 1.16. The Hall–Kier alpha value is -0.630. The van der Waals surface area contributed by atoms with Gasteiger partial charge in [0.2, 0.25) is 0 Å². The van der Waals surface area contributed by atoms with Crippen molar-refractivity contribution < 1.29 is 9.26 Å². The van der Waals surface area contributed by atoms with Gasteiger partial charge in [-0.05, 0) is 43.5 Å². The molecule has 124 valence electrons. The van der Waals surface area contributed by atoms with E-state index < -0.39 is 6.26 Å². The van der Waals surface area contributed by atoms with Crippen molar-refractivity contribution >= 4 is 23.4 Å². The molecule has 0 N–H and O–H groups in total. The first kappa shape index (κ1) is 19.4. The topological polar surface area (TPSA) is 18.5 Å². The number of ether oxygens (including phenoxy) is 1. The predicted molar refractivity (Wildman–Crippen MR) is 101 cm³/mol. The Bertz CT molecular complexity index is 470. The zero-order valence-corrected chi connectivity index (χ0v) is 15.6. The zero-order chi connectivity index (χ0) is 16.3. The Kier molecular flexibility index (Phi) is 9.70. The molecule has 1 rings (SSSR count). The standard InChI is InChI=1S/C18H29O2PS/c1-4-6-8-9-15-20-21(22,16-10-7-5-2)18-13-11-17(19-3)12-14-18/h5,11-14H,2,4,6-10,15-16H2,1,3H3. The fourth-order valence-electron chi connectivity index (χ4n) is 2.26. The van der Waals surface area contributed by atoms with Gasteiger partial charge in [-0.15, -0.1) is 6.58 Å². The van der Waals surface area contributed by atoms with Gasteiger partial charge in [0.1, 0.15) is 5.75 Å². The third kappa shape index (κ3) is 6.64. The van der Waals surface area contributed by atoms with Crippen molar-refractivity contribution in [3.63, 3.8) is 0 Å². The molecular formula is C18H29O2PS. The van der Waals surface area contributed by atoms with Crippen molar-refractivity contribution in [1.29, 1.82) is 0 Å². The Labute approximate surface area is 141 Å². The van der Waals surface area contributed by atoms with Crippen molar-refractivity contribution in [3.8, 4) is 5.75 Å². The minimum absolute atomic E-state index is 0.775. The van der Waals surface area contributed by atoms with Gasteiger partial charge in [-0.1, -0.05) is 44.1 Å². The second-order valence-electron chi connectivity index (χ2n) is 5.42. The molecule has 1 aromatic carbocycles. The Balaban J connectivity index is 2.71. The summed E-state index contributed by atoms with van der Waals surface area (Å²) in [7, 11) is 1.68. The van der Waals surface area contributed by atoms with Gasteiger partial charge in [-0.2, -0.15) is 0 Å². The maximum absolute atomic E-state index is 6.23. The summed E-state index contributed by atoms with van der Waals surface area (Å²) >= 11 is 5.95. The van der Waals surface area contributed by atoms with Crippen LogP contribution in [0.15, 0.2) is 36.9 Å². The summed E-state index contributed by atoms with van der Waals surface area (Å²) < 4.78 is 11.5. The van der Waals surface area contributed by atoms with Crippen LogP contribution in [0.1, 0.15) is 45.4 Å². The van der Waals surface area contributed by atoms with Crippen molar-refractivity contribution in [3.05, 3.63) is 36.9 Å². The molecule has 1 unspecified atom stereocenters. The molecule has 4 heteroatoms. The van der Waals surface area contributed by atoms with Gasteiger partial charge in [0.05, 0.1) is 20.0 Å². The van der Waals surface area contributed by atoms with Crippen LogP contribution in [-0.2, 0) is 16.3 Å². The number of methoxy groups -OCH3 is 1. The lowest BCUT2D eigenvalue weighted by Gasteiger charge is -2.23. The van der Waals surface area contributed by atoms with E-state index in [2.05, 4.69) is 25.6 Å². The molecule has 0 aromatic heterocycles. The number of hydrogen-bond acceptors (Lipinski definition) is 3. The Morgan fingerprint density at radius 3 is 2.45 bits per heavy atom. The van der Waals surface area contributed by atoms with Gasteiger partial charge in [0, 0.05) is 11.5 Å². The highest BCUT2D eigenvalue weighted by atomic mass is 32.4. The maximum Gasteiger partial charge on any atom is 0.118 e. The third-order valence-corrected chi connectivity index (χ3v) is 7.71. The Morgan fingerprint density at radius 1 is 1.14 bits per heavy atom. The molecule has 1 atom stereocenters. The molecule has 0 aliphatic carbocycles. The van der Waals surface area contributed by atoms with Crippen molar-refractivity contribution in [2.24, 2.45) is 0 Å². The number of allylic oxidation sites excluding steroid dienone is 1. The van der Waals surface area contributed by atoms with E-state index in [-0.39, 0.29) is 0 Å². The molecule has 22 heavy (non-hydrogen) atoms. The SMILES string of the molecule is C=CCCCP(=S)(OCCCCCC)c1ccc(OC)cc1. The van der Waals surface area contributed by atoms with E-state index in [1.807, 2.05) is 18.2 Å². The van der Waals surface area contributed by atoms with Crippen molar-refractivity contribution in [2.75, 3.05) is 19.9 Å². The van der Waals surface area contributed by atoms with E-state index >= 15 is 0 Å². The van der Waals surface area contributed by atoms with Gasteiger partial charge in [0.25, 0.3) is 0 Å². The quantitative estimate of drug-likeness (QED) is 0.293. The first-order chi connectivity index (χ1) is 10.7. The highest BCUT2D eigenvalue weighted by molar-refractivity contribution is 8.15. The van der Waals surface area contributed by atoms with Crippen molar-refractivity contribution in [1.82, 2.24) is 0 Å². The normalized spacial score (nSPS) is 13.5. The fourth-order valence-corrected chi connectivity index (χ4v) is 5.40. The first-order valence-corrected chi connectivity index (χ1v) is 11.1. The monoisotopic (exact) mass is 340 g/mol. The molecule has 0 aliphatic heterocycles. The van der Waals surface area contributed by atoms with E-state index in [0.29, 0.717) is 0 Å². The number of hydrogen-bond donors (Lipinski definition) is 0. The highest BCUT2D eigenvalue weighted by Crippen LogP contribution is 2.47. The van der Waals surface area contributed by atoms with Crippen LogP contribution in [-0.4, -0.2) is 19.9 Å². The molecule has 0 heterocycles. The van der Waals surface area contributed by atoms with E-state index in [4.69, 9.17) is 21.1 Å². The lowest BCUT2D eigenvalue weighted by molar-refractivity contribution is 0.338. The zero-order valence-electron chi connectivity index (χ0n) is 13.9. The van der Waals surface area contributed by atoms with Crippen LogP contribution in [0, 0.1) is 0 Å². The van der Waals surface area contributed by atoms with Gasteiger partial charge in [-0.3, -0.25) is 0 Å². The van der Waals surface area contributed by atoms with E-state index in [1.54, 1.807) is 7.11 Å². The lowest BCUT2D eigenvalue weighted by atomic mass is 10.2. The summed E-state index contributed by atoms with van der Waals surface area (Å²) in [5.41, 5.74) is 0. The maximum atomic E-state index is 6.23. The smallest absolute Gasteiger partial charge is 0.118 e. The summed E-state index contributed by atoms with van der Waals surface area (Å²) in [6.07, 6.45) is 7.81. The molecule has 0 radical (unpaired) electrons. The molecule has 0 aliphatic rings. The molecule has 2 nitrogen and oxygen atoms in total. The summed E-state index contributed by atoms with van der Waals surface area (Å²) in [4.78, 5) is 0. The fraction of sp³-hybridized carbons (Fsp3) is 0.556. The van der Waals surface area contributed by atoms with Crippen LogP contribution in [0.4, 0.5) is 0 Å². The third-order valence-electron chi connectivity index (χ3n) is 3.62. The summed E-state index contributed by atoms with van der Waals surface area (Å²) in [6, 6.07) is 8.09. The number of rotatable bonds is 12. The van der Waals surface area contributed by atoms with E-state index in [0.717, 1.165) is 43.1 Å². The van der Waals surface area contributed by atoms with Crippen LogP contribution in [0.25, 0.3) is 0 Å². The molecule has 0 saturated carbocycles. The molecular weight excluding hydrogens is 311 g/mol. The largest absolute Gasteiger partial charge is 0.497 e. The van der Waals surface area contributed by atoms with Crippen molar-refractivity contribution in [2.45, 2.75) is 45.4 Å². The van der Waals surface area contributed by atoms with Crippen LogP contribution in [0.3, 0.4) is 0 Å².